The van der Waals surface area contributed by atoms with Gasteiger partial charge in [0.15, 0.2) is 0 Å². The Balaban J connectivity index is 2.04. The largest absolute Gasteiger partial charge is 0.394 e. The summed E-state index contributed by atoms with van der Waals surface area (Å²) in [5, 5.41) is 12.5. The average Bonchev–Trinajstić information content (AvgIpc) is 2.52. The van der Waals surface area contributed by atoms with Gasteiger partial charge in [0.2, 0.25) is 0 Å². The molecule has 0 saturated carbocycles. The first kappa shape index (κ1) is 14.7. The van der Waals surface area contributed by atoms with E-state index < -0.39 is 0 Å². The van der Waals surface area contributed by atoms with Crippen LogP contribution in [-0.4, -0.2) is 59.8 Å². The number of anilines is 1. The van der Waals surface area contributed by atoms with Crippen LogP contribution in [0.25, 0.3) is 0 Å². The summed E-state index contributed by atoms with van der Waals surface area (Å²) in [7, 11) is 0. The van der Waals surface area contributed by atoms with E-state index in [2.05, 4.69) is 17.2 Å². The minimum absolute atomic E-state index is 0.0880. The molecule has 2 N–H and O–H groups in total. The minimum atomic E-state index is -0.269. The highest BCUT2D eigenvalue weighted by atomic mass is 16.5. The first-order valence-electron chi connectivity index (χ1n) is 6.95. The predicted octanol–water partition coefficient (Wildman–Crippen LogP) is 0.737. The molecule has 0 aromatic carbocycles. The molecular formula is C14H21N3O3. The maximum atomic E-state index is 12.4. The van der Waals surface area contributed by atoms with Crippen molar-refractivity contribution < 1.29 is 14.6 Å². The zero-order chi connectivity index (χ0) is 14.4. The zero-order valence-electron chi connectivity index (χ0n) is 11.7. The van der Waals surface area contributed by atoms with E-state index in [0.717, 1.165) is 18.8 Å². The molecule has 1 saturated heterocycles. The van der Waals surface area contributed by atoms with Crippen molar-refractivity contribution in [2.45, 2.75) is 19.4 Å². The molecule has 0 aliphatic carbocycles. The fourth-order valence-electron chi connectivity index (χ4n) is 2.12. The van der Waals surface area contributed by atoms with E-state index in [1.54, 1.807) is 23.2 Å². The standard InChI is InChI=1S/C14H21N3O3/c1-2-5-15-13-4-3-11(8-16-13)14(19)17-6-7-20-10-12(17)9-18/h3-4,8,12,18H,2,5-7,9-10H2,1H3,(H,15,16). The van der Waals surface area contributed by atoms with Crippen molar-refractivity contribution in [1.29, 1.82) is 0 Å². The van der Waals surface area contributed by atoms with Crippen LogP contribution >= 0.6 is 0 Å². The normalized spacial score (nSPS) is 18.9. The number of carbonyl (C=O) groups excluding carboxylic acids is 1. The molecule has 0 bridgehead atoms. The van der Waals surface area contributed by atoms with Crippen molar-refractivity contribution in [3.05, 3.63) is 23.9 Å². The van der Waals surface area contributed by atoms with Crippen LogP contribution in [0, 0.1) is 0 Å². The molecule has 2 heterocycles. The molecule has 1 aliphatic rings. The molecule has 6 heteroatoms. The molecule has 6 nitrogen and oxygen atoms in total. The summed E-state index contributed by atoms with van der Waals surface area (Å²) in [5.74, 6) is 0.658. The number of ether oxygens (including phenoxy) is 1. The molecule has 1 unspecified atom stereocenters. The van der Waals surface area contributed by atoms with E-state index in [4.69, 9.17) is 4.74 Å². The van der Waals surface area contributed by atoms with Crippen LogP contribution in [0.1, 0.15) is 23.7 Å². The van der Waals surface area contributed by atoms with Crippen LogP contribution < -0.4 is 5.32 Å². The maximum Gasteiger partial charge on any atom is 0.255 e. The first-order valence-corrected chi connectivity index (χ1v) is 6.95. The molecule has 1 atom stereocenters. The highest BCUT2D eigenvalue weighted by Crippen LogP contribution is 2.13. The van der Waals surface area contributed by atoms with Crippen LogP contribution in [0.4, 0.5) is 5.82 Å². The lowest BCUT2D eigenvalue weighted by Gasteiger charge is -2.34. The summed E-state index contributed by atoms with van der Waals surface area (Å²) < 4.78 is 5.27. The fraction of sp³-hybridized carbons (Fsp3) is 0.571. The Hall–Kier alpha value is -1.66. The Morgan fingerprint density at radius 2 is 2.45 bits per heavy atom. The number of aliphatic hydroxyl groups is 1. The SMILES string of the molecule is CCCNc1ccc(C(=O)N2CCOCC2CO)cn1. The van der Waals surface area contributed by atoms with Crippen molar-refractivity contribution in [2.24, 2.45) is 0 Å². The van der Waals surface area contributed by atoms with E-state index in [0.29, 0.717) is 25.3 Å². The van der Waals surface area contributed by atoms with Crippen LogP contribution in [0.2, 0.25) is 0 Å². The number of hydrogen-bond donors (Lipinski definition) is 2. The van der Waals surface area contributed by atoms with Gasteiger partial charge in [0.25, 0.3) is 5.91 Å². The van der Waals surface area contributed by atoms with E-state index in [1.165, 1.54) is 0 Å². The molecule has 1 fully saturated rings. The third-order valence-corrected chi connectivity index (χ3v) is 3.27. The van der Waals surface area contributed by atoms with Gasteiger partial charge >= 0.3 is 0 Å². The number of hydrogen-bond acceptors (Lipinski definition) is 5. The number of nitrogens with zero attached hydrogens (tertiary/aromatic N) is 2. The predicted molar refractivity (Wildman–Crippen MR) is 75.7 cm³/mol. The van der Waals surface area contributed by atoms with Gasteiger partial charge in [-0.3, -0.25) is 4.79 Å². The Morgan fingerprint density at radius 3 is 3.10 bits per heavy atom. The second-order valence-corrected chi connectivity index (χ2v) is 4.77. The lowest BCUT2D eigenvalue weighted by molar-refractivity contribution is -0.0184. The summed E-state index contributed by atoms with van der Waals surface area (Å²) in [6, 6.07) is 3.29. The number of amides is 1. The second-order valence-electron chi connectivity index (χ2n) is 4.77. The maximum absolute atomic E-state index is 12.4. The van der Waals surface area contributed by atoms with Crippen LogP contribution in [0.3, 0.4) is 0 Å². The third kappa shape index (κ3) is 3.46. The summed E-state index contributed by atoms with van der Waals surface area (Å²) in [5.41, 5.74) is 0.535. The summed E-state index contributed by atoms with van der Waals surface area (Å²) in [6.45, 7) is 4.24. The lowest BCUT2D eigenvalue weighted by Crippen LogP contribution is -2.50. The van der Waals surface area contributed by atoms with Crippen LogP contribution in [0.15, 0.2) is 18.3 Å². The van der Waals surface area contributed by atoms with Gasteiger partial charge in [-0.1, -0.05) is 6.92 Å². The first-order chi connectivity index (χ1) is 9.76. The monoisotopic (exact) mass is 279 g/mol. The van der Waals surface area contributed by atoms with Crippen molar-refractivity contribution in [3.8, 4) is 0 Å². The van der Waals surface area contributed by atoms with Gasteiger partial charge in [-0.05, 0) is 18.6 Å². The molecule has 0 spiro atoms. The van der Waals surface area contributed by atoms with Gasteiger partial charge in [0.1, 0.15) is 5.82 Å². The molecule has 110 valence electrons. The average molecular weight is 279 g/mol. The zero-order valence-corrected chi connectivity index (χ0v) is 11.7. The minimum Gasteiger partial charge on any atom is -0.394 e. The molecule has 20 heavy (non-hydrogen) atoms. The summed E-state index contributed by atoms with van der Waals surface area (Å²) in [6.07, 6.45) is 2.60. The number of rotatable bonds is 5. The van der Waals surface area contributed by atoms with Gasteiger partial charge in [0, 0.05) is 19.3 Å². The van der Waals surface area contributed by atoms with Crippen molar-refractivity contribution in [2.75, 3.05) is 38.2 Å². The van der Waals surface area contributed by atoms with Gasteiger partial charge in [-0.15, -0.1) is 0 Å². The quantitative estimate of drug-likeness (QED) is 0.831. The number of morpholine rings is 1. The lowest BCUT2D eigenvalue weighted by atomic mass is 10.2. The highest BCUT2D eigenvalue weighted by Gasteiger charge is 2.27. The molecule has 2 rings (SSSR count). The second kappa shape index (κ2) is 7.21. The van der Waals surface area contributed by atoms with Gasteiger partial charge < -0.3 is 20.1 Å². The van der Waals surface area contributed by atoms with Crippen molar-refractivity contribution >= 4 is 11.7 Å². The van der Waals surface area contributed by atoms with Gasteiger partial charge in [-0.25, -0.2) is 4.98 Å². The van der Waals surface area contributed by atoms with E-state index >= 15 is 0 Å². The Bertz CT molecular complexity index is 436. The van der Waals surface area contributed by atoms with Crippen LogP contribution in [-0.2, 0) is 4.74 Å². The molecule has 1 aromatic rings. The number of carbonyl (C=O) groups is 1. The number of aliphatic hydroxyl groups excluding tert-OH is 1. The fourth-order valence-corrected chi connectivity index (χ4v) is 2.12. The highest BCUT2D eigenvalue weighted by molar-refractivity contribution is 5.94. The van der Waals surface area contributed by atoms with E-state index in [-0.39, 0.29) is 18.6 Å². The van der Waals surface area contributed by atoms with E-state index in [1.807, 2.05) is 0 Å². The van der Waals surface area contributed by atoms with Crippen LogP contribution in [0.5, 0.6) is 0 Å². The van der Waals surface area contributed by atoms with Gasteiger partial charge in [0.05, 0.1) is 31.4 Å². The third-order valence-electron chi connectivity index (χ3n) is 3.27. The topological polar surface area (TPSA) is 74.7 Å². The Kier molecular flexibility index (Phi) is 5.31. The number of nitrogens with one attached hydrogen (secondary N) is 1. The molecule has 1 amide bonds. The van der Waals surface area contributed by atoms with Gasteiger partial charge in [-0.2, -0.15) is 0 Å². The smallest absolute Gasteiger partial charge is 0.255 e. The Labute approximate surface area is 118 Å². The summed E-state index contributed by atoms with van der Waals surface area (Å²) >= 11 is 0. The summed E-state index contributed by atoms with van der Waals surface area (Å²) in [4.78, 5) is 18.3. The molecule has 0 radical (unpaired) electrons. The molecular weight excluding hydrogens is 258 g/mol. The number of aromatic nitrogens is 1. The Morgan fingerprint density at radius 1 is 1.60 bits per heavy atom. The number of pyridine rings is 1. The molecule has 1 aliphatic heterocycles. The molecule has 1 aromatic heterocycles. The van der Waals surface area contributed by atoms with Crippen molar-refractivity contribution in [1.82, 2.24) is 9.88 Å². The van der Waals surface area contributed by atoms with E-state index in [9.17, 15) is 9.90 Å². The van der Waals surface area contributed by atoms with Crippen molar-refractivity contribution in [3.63, 3.8) is 0 Å².